The van der Waals surface area contributed by atoms with Crippen LogP contribution in [0.15, 0.2) is 53.7 Å². The molecule has 2 aliphatic rings. The first-order chi connectivity index (χ1) is 14.5. The van der Waals surface area contributed by atoms with Crippen LogP contribution in [0.2, 0.25) is 10.0 Å². The quantitative estimate of drug-likeness (QED) is 0.599. The van der Waals surface area contributed by atoms with Gasteiger partial charge in [-0.05, 0) is 37.1 Å². The summed E-state index contributed by atoms with van der Waals surface area (Å²) in [4.78, 5) is 17.6. The zero-order valence-electron chi connectivity index (χ0n) is 16.2. The molecule has 1 unspecified atom stereocenters. The molecular formula is C22H18Cl2N4O2. The third-order valence-corrected chi connectivity index (χ3v) is 6.02. The molecule has 152 valence electrons. The van der Waals surface area contributed by atoms with Crippen molar-refractivity contribution in [1.29, 1.82) is 0 Å². The number of anilines is 1. The van der Waals surface area contributed by atoms with Crippen molar-refractivity contribution >= 4 is 34.9 Å². The van der Waals surface area contributed by atoms with Gasteiger partial charge in [-0.2, -0.15) is 4.98 Å². The lowest BCUT2D eigenvalue weighted by atomic mass is 9.85. The number of carbonyl (C=O) groups excluding carboxylic acids is 1. The molecule has 0 bridgehead atoms. The van der Waals surface area contributed by atoms with Gasteiger partial charge in [-0.3, -0.25) is 4.79 Å². The monoisotopic (exact) mass is 440 g/mol. The highest BCUT2D eigenvalue weighted by Crippen LogP contribution is 2.43. The first kappa shape index (κ1) is 19.2. The predicted molar refractivity (Wildman–Crippen MR) is 116 cm³/mol. The lowest BCUT2D eigenvalue weighted by Gasteiger charge is -2.32. The molecule has 30 heavy (non-hydrogen) atoms. The van der Waals surface area contributed by atoms with Gasteiger partial charge in [0, 0.05) is 38.9 Å². The fourth-order valence-corrected chi connectivity index (χ4v) is 4.56. The zero-order valence-corrected chi connectivity index (χ0v) is 17.7. The van der Waals surface area contributed by atoms with Crippen molar-refractivity contribution in [2.45, 2.75) is 25.3 Å². The van der Waals surface area contributed by atoms with E-state index in [9.17, 15) is 4.79 Å². The highest BCUT2D eigenvalue weighted by Gasteiger charge is 2.37. The maximum atomic E-state index is 12.9. The fourth-order valence-electron chi connectivity index (χ4n) is 4.05. The number of nitrogens with zero attached hydrogens (tertiary/aromatic N) is 3. The van der Waals surface area contributed by atoms with E-state index in [2.05, 4.69) is 5.32 Å². The number of carbonyl (C=O) groups is 1. The predicted octanol–water partition coefficient (Wildman–Crippen LogP) is 5.28. The average molecular weight is 441 g/mol. The molecule has 3 aromatic rings. The van der Waals surface area contributed by atoms with E-state index in [-0.39, 0.29) is 5.78 Å². The number of ketones is 1. The second kappa shape index (κ2) is 7.45. The molecule has 0 spiro atoms. The summed E-state index contributed by atoms with van der Waals surface area (Å²) in [6, 6.07) is 12.4. The molecule has 8 heteroatoms. The van der Waals surface area contributed by atoms with Crippen LogP contribution in [0.5, 0.6) is 5.75 Å². The standard InChI is InChI=1S/C22H18Cl2N4O2/c1-30-14-5-2-4-12(10-14)21-26-22-25-17-6-3-7-18(29)19(17)20(28(22)27-21)15-9-8-13(23)11-16(15)24/h2,4-5,8-11,20H,3,6-7H2,1H3,(H,25,26,27). The van der Waals surface area contributed by atoms with Gasteiger partial charge in [-0.1, -0.05) is 41.4 Å². The Morgan fingerprint density at radius 3 is 2.83 bits per heavy atom. The Morgan fingerprint density at radius 1 is 1.17 bits per heavy atom. The summed E-state index contributed by atoms with van der Waals surface area (Å²) in [5.41, 5.74) is 3.18. The van der Waals surface area contributed by atoms with Crippen molar-refractivity contribution in [1.82, 2.24) is 14.8 Å². The lowest BCUT2D eigenvalue weighted by molar-refractivity contribution is -0.116. The molecule has 1 aliphatic carbocycles. The molecule has 2 aromatic carbocycles. The molecule has 1 atom stereocenters. The number of allylic oxidation sites excluding steroid dienone is 2. The van der Waals surface area contributed by atoms with Gasteiger partial charge >= 0.3 is 0 Å². The van der Waals surface area contributed by atoms with Gasteiger partial charge in [0.15, 0.2) is 11.6 Å². The number of Topliss-reactive ketones (excluding diaryl/α,β-unsaturated/α-hetero) is 1. The molecule has 0 radical (unpaired) electrons. The average Bonchev–Trinajstić information content (AvgIpc) is 3.17. The summed E-state index contributed by atoms with van der Waals surface area (Å²) in [6.45, 7) is 0. The van der Waals surface area contributed by atoms with E-state index in [0.29, 0.717) is 33.8 Å². The molecule has 2 heterocycles. The van der Waals surface area contributed by atoms with Crippen molar-refractivity contribution in [3.63, 3.8) is 0 Å². The highest BCUT2D eigenvalue weighted by atomic mass is 35.5. The van der Waals surface area contributed by atoms with Crippen molar-refractivity contribution < 1.29 is 9.53 Å². The number of methoxy groups -OCH3 is 1. The van der Waals surface area contributed by atoms with Gasteiger partial charge in [0.2, 0.25) is 5.95 Å². The molecule has 1 N–H and O–H groups in total. The second-order valence-corrected chi connectivity index (χ2v) is 8.14. The van der Waals surface area contributed by atoms with Crippen LogP contribution < -0.4 is 10.1 Å². The first-order valence-corrected chi connectivity index (χ1v) is 10.4. The Bertz CT molecular complexity index is 1200. The second-order valence-electron chi connectivity index (χ2n) is 7.30. The smallest absolute Gasteiger partial charge is 0.226 e. The van der Waals surface area contributed by atoms with Gasteiger partial charge in [-0.15, -0.1) is 5.10 Å². The number of rotatable bonds is 3. The van der Waals surface area contributed by atoms with E-state index in [1.54, 1.807) is 23.9 Å². The number of hydrogen-bond donors (Lipinski definition) is 1. The summed E-state index contributed by atoms with van der Waals surface area (Å²) in [5.74, 6) is 1.94. The normalized spacial score (nSPS) is 18.0. The summed E-state index contributed by atoms with van der Waals surface area (Å²) in [5, 5.41) is 9.11. The number of aromatic nitrogens is 3. The minimum atomic E-state index is -0.458. The molecular weight excluding hydrogens is 423 g/mol. The van der Waals surface area contributed by atoms with E-state index in [1.807, 2.05) is 30.3 Å². The topological polar surface area (TPSA) is 69.0 Å². The van der Waals surface area contributed by atoms with Crippen LogP contribution in [0.3, 0.4) is 0 Å². The Labute approximate surface area is 183 Å². The maximum absolute atomic E-state index is 12.9. The fraction of sp³-hybridized carbons (Fsp3) is 0.227. The number of fused-ring (bicyclic) bond motifs is 1. The molecule has 6 nitrogen and oxygen atoms in total. The van der Waals surface area contributed by atoms with E-state index in [1.165, 1.54) is 0 Å². The molecule has 0 saturated heterocycles. The Kier molecular flexibility index (Phi) is 4.76. The van der Waals surface area contributed by atoms with Crippen molar-refractivity contribution in [2.75, 3.05) is 12.4 Å². The minimum Gasteiger partial charge on any atom is -0.497 e. The van der Waals surface area contributed by atoms with Crippen molar-refractivity contribution in [3.05, 3.63) is 69.3 Å². The van der Waals surface area contributed by atoms with E-state index in [4.69, 9.17) is 38.0 Å². The van der Waals surface area contributed by atoms with E-state index < -0.39 is 6.04 Å². The van der Waals surface area contributed by atoms with Gasteiger partial charge in [0.1, 0.15) is 11.8 Å². The maximum Gasteiger partial charge on any atom is 0.226 e. The SMILES string of the molecule is COc1cccc(-c2nc3n(n2)C(c2ccc(Cl)cc2Cl)C2=C(CCCC2=O)N3)c1. The van der Waals surface area contributed by atoms with Crippen molar-refractivity contribution in [3.8, 4) is 17.1 Å². The number of ether oxygens (including phenoxy) is 1. The van der Waals surface area contributed by atoms with Crippen LogP contribution >= 0.6 is 23.2 Å². The summed E-state index contributed by atoms with van der Waals surface area (Å²) in [6.07, 6.45) is 2.10. The zero-order chi connectivity index (χ0) is 20.8. The molecule has 1 aromatic heterocycles. The van der Waals surface area contributed by atoms with Crippen LogP contribution in [0.4, 0.5) is 5.95 Å². The van der Waals surface area contributed by atoms with E-state index >= 15 is 0 Å². The van der Waals surface area contributed by atoms with Crippen LogP contribution in [0, 0.1) is 0 Å². The van der Waals surface area contributed by atoms with E-state index in [0.717, 1.165) is 35.4 Å². The van der Waals surface area contributed by atoms with Crippen LogP contribution in [-0.4, -0.2) is 27.7 Å². The molecule has 0 amide bonds. The van der Waals surface area contributed by atoms with Gasteiger partial charge in [-0.25, -0.2) is 4.68 Å². The van der Waals surface area contributed by atoms with Gasteiger partial charge in [0.25, 0.3) is 0 Å². The molecule has 0 fully saturated rings. The summed E-state index contributed by atoms with van der Waals surface area (Å²) < 4.78 is 7.07. The van der Waals surface area contributed by atoms with Gasteiger partial charge in [0.05, 0.1) is 7.11 Å². The van der Waals surface area contributed by atoms with Crippen molar-refractivity contribution in [2.24, 2.45) is 0 Å². The van der Waals surface area contributed by atoms with Crippen LogP contribution in [0.1, 0.15) is 30.9 Å². The molecule has 5 rings (SSSR count). The Balaban J connectivity index is 1.69. The Hall–Kier alpha value is -2.83. The number of halogens is 2. The number of hydrogen-bond acceptors (Lipinski definition) is 5. The lowest BCUT2D eigenvalue weighted by Crippen LogP contribution is -2.31. The molecule has 1 aliphatic heterocycles. The summed E-state index contributed by atoms with van der Waals surface area (Å²) in [7, 11) is 1.62. The van der Waals surface area contributed by atoms with Gasteiger partial charge < -0.3 is 10.1 Å². The molecule has 0 saturated carbocycles. The number of nitrogens with one attached hydrogen (secondary N) is 1. The summed E-state index contributed by atoms with van der Waals surface area (Å²) >= 11 is 12.7. The third-order valence-electron chi connectivity index (χ3n) is 5.45. The van der Waals surface area contributed by atoms with Crippen LogP contribution in [0.25, 0.3) is 11.4 Å². The van der Waals surface area contributed by atoms with Crippen LogP contribution in [-0.2, 0) is 4.79 Å². The first-order valence-electron chi connectivity index (χ1n) is 9.64. The third kappa shape index (κ3) is 3.16. The minimum absolute atomic E-state index is 0.101. The highest BCUT2D eigenvalue weighted by molar-refractivity contribution is 6.35. The Morgan fingerprint density at radius 2 is 2.03 bits per heavy atom. The number of benzene rings is 2. The largest absolute Gasteiger partial charge is 0.497 e.